The molecule has 6 nitrogen and oxygen atoms in total. The summed E-state index contributed by atoms with van der Waals surface area (Å²) in [5, 5.41) is 9.47. The number of phenolic OH excluding ortho intramolecular Hbond substituents is 1. The number of aromatic hydroxyl groups is 1. The first-order valence-electron chi connectivity index (χ1n) is 5.27. The molecule has 0 spiro atoms. The van der Waals surface area contributed by atoms with Crippen LogP contribution in [-0.4, -0.2) is 33.1 Å². The van der Waals surface area contributed by atoms with Crippen LogP contribution < -0.4 is 4.72 Å². The fourth-order valence-electron chi connectivity index (χ4n) is 1.30. The molecule has 1 aromatic carbocycles. The Morgan fingerprint density at radius 2 is 2.21 bits per heavy atom. The highest BCUT2D eigenvalue weighted by atomic mass is 32.2. The molecule has 0 amide bonds. The highest BCUT2D eigenvalue weighted by Gasteiger charge is 2.19. The average molecular weight is 283 g/mol. The van der Waals surface area contributed by atoms with Gasteiger partial charge in [-0.25, -0.2) is 17.9 Å². The molecule has 0 aromatic heterocycles. The fraction of sp³-hybridized carbons (Fsp3) is 0.250. The van der Waals surface area contributed by atoms with Crippen LogP contribution in [0.2, 0.25) is 0 Å². The number of hydrogen-bond donors (Lipinski definition) is 2. The molecule has 0 aliphatic heterocycles. The molecule has 0 aliphatic carbocycles. The van der Waals surface area contributed by atoms with Gasteiger partial charge in [0, 0.05) is 13.0 Å². The molecule has 0 fully saturated rings. The number of ether oxygens (including phenoxy) is 1. The third-order valence-corrected chi connectivity index (χ3v) is 3.70. The van der Waals surface area contributed by atoms with Gasteiger partial charge in [-0.05, 0) is 18.2 Å². The maximum absolute atomic E-state index is 11.9. The van der Waals surface area contributed by atoms with Gasteiger partial charge in [0.15, 0.2) is 0 Å². The van der Waals surface area contributed by atoms with Gasteiger partial charge in [-0.1, -0.05) is 0 Å². The molecule has 0 radical (unpaired) electrons. The highest BCUT2D eigenvalue weighted by Crippen LogP contribution is 2.21. The van der Waals surface area contributed by atoms with Crippen molar-refractivity contribution in [2.75, 3.05) is 13.7 Å². The first-order valence-corrected chi connectivity index (χ1v) is 6.75. The molecular weight excluding hydrogens is 270 g/mol. The Hall–Kier alpha value is -2.04. The van der Waals surface area contributed by atoms with E-state index in [4.69, 9.17) is 6.42 Å². The van der Waals surface area contributed by atoms with E-state index in [0.717, 1.165) is 19.2 Å². The van der Waals surface area contributed by atoms with E-state index in [1.54, 1.807) is 0 Å². The van der Waals surface area contributed by atoms with Gasteiger partial charge >= 0.3 is 5.97 Å². The van der Waals surface area contributed by atoms with E-state index in [-0.39, 0.29) is 29.2 Å². The number of esters is 1. The van der Waals surface area contributed by atoms with Crippen LogP contribution in [0.3, 0.4) is 0 Å². The predicted octanol–water partition coefficient (Wildman–Crippen LogP) is 0.480. The minimum Gasteiger partial charge on any atom is -0.507 e. The number of benzene rings is 1. The first-order chi connectivity index (χ1) is 8.92. The SMILES string of the molecule is C#CCCNS(=O)(=O)c1ccc(O)c(C(=O)OC)c1. The Labute approximate surface area is 111 Å². The van der Waals surface area contributed by atoms with E-state index in [2.05, 4.69) is 15.4 Å². The first kappa shape index (κ1) is 15.0. The molecule has 1 rings (SSSR count). The molecule has 7 heteroatoms. The van der Waals surface area contributed by atoms with Crippen LogP contribution in [0, 0.1) is 12.3 Å². The zero-order valence-corrected chi connectivity index (χ0v) is 11.0. The van der Waals surface area contributed by atoms with Gasteiger partial charge in [-0.3, -0.25) is 0 Å². The Kier molecular flexibility index (Phi) is 4.92. The van der Waals surface area contributed by atoms with Gasteiger partial charge in [0.1, 0.15) is 11.3 Å². The van der Waals surface area contributed by atoms with Crippen LogP contribution in [0.25, 0.3) is 0 Å². The van der Waals surface area contributed by atoms with E-state index in [0.29, 0.717) is 0 Å². The lowest BCUT2D eigenvalue weighted by Gasteiger charge is -2.08. The molecule has 0 heterocycles. The topological polar surface area (TPSA) is 92.7 Å². The summed E-state index contributed by atoms with van der Waals surface area (Å²) >= 11 is 0. The number of nitrogens with one attached hydrogen (secondary N) is 1. The summed E-state index contributed by atoms with van der Waals surface area (Å²) in [6, 6.07) is 3.33. The molecule has 0 unspecified atom stereocenters. The third-order valence-electron chi connectivity index (χ3n) is 2.25. The minimum atomic E-state index is -3.78. The zero-order valence-electron chi connectivity index (χ0n) is 10.2. The van der Waals surface area contributed by atoms with Crippen molar-refractivity contribution in [3.8, 4) is 18.1 Å². The van der Waals surface area contributed by atoms with Crippen LogP contribution in [0.4, 0.5) is 0 Å². The summed E-state index contributed by atoms with van der Waals surface area (Å²) < 4.78 is 30.5. The van der Waals surface area contributed by atoms with Crippen molar-refractivity contribution in [2.24, 2.45) is 0 Å². The molecule has 1 aromatic rings. The minimum absolute atomic E-state index is 0.0905. The molecular formula is C12H13NO5S. The average Bonchev–Trinajstić information content (AvgIpc) is 2.38. The smallest absolute Gasteiger partial charge is 0.341 e. The summed E-state index contributed by atoms with van der Waals surface area (Å²) in [5.74, 6) is 1.13. The van der Waals surface area contributed by atoms with Crippen molar-refractivity contribution in [3.05, 3.63) is 23.8 Å². The van der Waals surface area contributed by atoms with E-state index in [1.165, 1.54) is 6.07 Å². The van der Waals surface area contributed by atoms with Crippen molar-refractivity contribution in [1.82, 2.24) is 4.72 Å². The number of rotatable bonds is 5. The lowest BCUT2D eigenvalue weighted by molar-refractivity contribution is 0.0597. The van der Waals surface area contributed by atoms with Crippen molar-refractivity contribution in [1.29, 1.82) is 0 Å². The van der Waals surface area contributed by atoms with E-state index >= 15 is 0 Å². The third kappa shape index (κ3) is 3.71. The number of carbonyl (C=O) groups excluding carboxylic acids is 1. The van der Waals surface area contributed by atoms with Crippen LogP contribution in [-0.2, 0) is 14.8 Å². The van der Waals surface area contributed by atoms with Gasteiger partial charge in [0.2, 0.25) is 10.0 Å². The summed E-state index contributed by atoms with van der Waals surface area (Å²) in [6.07, 6.45) is 5.27. The molecule has 0 atom stereocenters. The molecule has 0 aliphatic rings. The second-order valence-corrected chi connectivity index (χ2v) is 5.29. The Bertz CT molecular complexity index is 615. The number of sulfonamides is 1. The van der Waals surface area contributed by atoms with Crippen LogP contribution >= 0.6 is 0 Å². The maximum Gasteiger partial charge on any atom is 0.341 e. The van der Waals surface area contributed by atoms with Crippen LogP contribution in [0.15, 0.2) is 23.1 Å². The fourth-order valence-corrected chi connectivity index (χ4v) is 2.35. The summed E-state index contributed by atoms with van der Waals surface area (Å²) in [5.41, 5.74) is -0.220. The number of carbonyl (C=O) groups is 1. The Morgan fingerprint density at radius 1 is 1.53 bits per heavy atom. The standard InChI is InChI=1S/C12H13NO5S/c1-3-4-7-13-19(16,17)9-5-6-11(14)10(8-9)12(15)18-2/h1,5-6,8,13-14H,4,7H2,2H3. The lowest BCUT2D eigenvalue weighted by atomic mass is 10.2. The monoisotopic (exact) mass is 283 g/mol. The Morgan fingerprint density at radius 3 is 2.79 bits per heavy atom. The normalized spacial score (nSPS) is 10.7. The quantitative estimate of drug-likeness (QED) is 0.466. The molecule has 102 valence electrons. The Balaban J connectivity index is 3.08. The second-order valence-electron chi connectivity index (χ2n) is 3.52. The van der Waals surface area contributed by atoms with Gasteiger partial charge in [0.25, 0.3) is 0 Å². The highest BCUT2D eigenvalue weighted by molar-refractivity contribution is 7.89. The van der Waals surface area contributed by atoms with E-state index in [9.17, 15) is 18.3 Å². The van der Waals surface area contributed by atoms with Gasteiger partial charge in [0.05, 0.1) is 12.0 Å². The van der Waals surface area contributed by atoms with Gasteiger partial charge in [-0.15, -0.1) is 12.3 Å². The van der Waals surface area contributed by atoms with Gasteiger partial charge < -0.3 is 9.84 Å². The number of methoxy groups -OCH3 is 1. The van der Waals surface area contributed by atoms with Crippen molar-refractivity contribution in [2.45, 2.75) is 11.3 Å². The largest absolute Gasteiger partial charge is 0.507 e. The molecule has 0 saturated carbocycles. The summed E-state index contributed by atoms with van der Waals surface area (Å²) in [4.78, 5) is 11.2. The summed E-state index contributed by atoms with van der Waals surface area (Å²) in [6.45, 7) is 0.0905. The molecule has 19 heavy (non-hydrogen) atoms. The zero-order chi connectivity index (χ0) is 14.5. The second kappa shape index (κ2) is 6.22. The number of terminal acetylenes is 1. The summed E-state index contributed by atoms with van der Waals surface area (Å²) in [7, 11) is -2.64. The maximum atomic E-state index is 11.9. The van der Waals surface area contributed by atoms with Crippen LogP contribution in [0.1, 0.15) is 16.8 Å². The van der Waals surface area contributed by atoms with Crippen molar-refractivity contribution < 1.29 is 23.1 Å². The van der Waals surface area contributed by atoms with E-state index in [1.807, 2.05) is 0 Å². The van der Waals surface area contributed by atoms with Crippen LogP contribution in [0.5, 0.6) is 5.75 Å². The van der Waals surface area contributed by atoms with E-state index < -0.39 is 16.0 Å². The van der Waals surface area contributed by atoms with Crippen molar-refractivity contribution in [3.63, 3.8) is 0 Å². The number of hydrogen-bond acceptors (Lipinski definition) is 5. The van der Waals surface area contributed by atoms with Crippen molar-refractivity contribution >= 4 is 16.0 Å². The molecule has 2 N–H and O–H groups in total. The van der Waals surface area contributed by atoms with Gasteiger partial charge in [-0.2, -0.15) is 0 Å². The lowest BCUT2D eigenvalue weighted by Crippen LogP contribution is -2.24. The molecule has 0 saturated heterocycles. The molecule has 0 bridgehead atoms. The number of phenols is 1. The predicted molar refractivity (Wildman–Crippen MR) is 68.1 cm³/mol.